The van der Waals surface area contributed by atoms with Crippen molar-refractivity contribution in [2.45, 2.75) is 27.2 Å². The molecule has 1 N–H and O–H groups in total. The van der Waals surface area contributed by atoms with Gasteiger partial charge in [0.05, 0.1) is 11.9 Å². The van der Waals surface area contributed by atoms with E-state index >= 15 is 0 Å². The summed E-state index contributed by atoms with van der Waals surface area (Å²) < 4.78 is 25.6. The molecule has 0 saturated heterocycles. The van der Waals surface area contributed by atoms with Crippen LogP contribution < -0.4 is 9.62 Å². The van der Waals surface area contributed by atoms with E-state index in [9.17, 15) is 13.2 Å². The summed E-state index contributed by atoms with van der Waals surface area (Å²) >= 11 is 0. The minimum atomic E-state index is -3.47. The van der Waals surface area contributed by atoms with Gasteiger partial charge in [0.25, 0.3) is 0 Å². The lowest BCUT2D eigenvalue weighted by molar-refractivity contribution is -0.116. The molecule has 0 bridgehead atoms. The van der Waals surface area contributed by atoms with E-state index in [-0.39, 0.29) is 18.9 Å². The fraction of sp³-hybridized carbons (Fsp3) is 0.316. The topological polar surface area (TPSA) is 66.5 Å². The van der Waals surface area contributed by atoms with Crippen molar-refractivity contribution in [3.05, 3.63) is 59.2 Å². The monoisotopic (exact) mass is 360 g/mol. The molecule has 0 fully saturated rings. The zero-order valence-corrected chi connectivity index (χ0v) is 15.9. The molecule has 0 aromatic heterocycles. The van der Waals surface area contributed by atoms with Crippen LogP contribution in [0.25, 0.3) is 0 Å². The molecule has 1 amide bonds. The average molecular weight is 360 g/mol. The van der Waals surface area contributed by atoms with Gasteiger partial charge in [0.1, 0.15) is 0 Å². The van der Waals surface area contributed by atoms with E-state index in [2.05, 4.69) is 5.32 Å². The minimum Gasteiger partial charge on any atom is -0.326 e. The third kappa shape index (κ3) is 4.82. The van der Waals surface area contributed by atoms with Crippen LogP contribution in [-0.4, -0.2) is 27.1 Å². The van der Waals surface area contributed by atoms with E-state index in [0.717, 1.165) is 28.6 Å². The maximum atomic E-state index is 12.3. The van der Waals surface area contributed by atoms with Crippen LogP contribution in [0.4, 0.5) is 11.4 Å². The number of amides is 1. The van der Waals surface area contributed by atoms with Crippen LogP contribution in [0.2, 0.25) is 0 Å². The number of rotatable bonds is 6. The van der Waals surface area contributed by atoms with Crippen molar-refractivity contribution < 1.29 is 13.2 Å². The number of benzene rings is 2. The van der Waals surface area contributed by atoms with E-state index in [1.807, 2.05) is 51.1 Å². The molecule has 2 aromatic carbocycles. The molecule has 5 nitrogen and oxygen atoms in total. The number of hydrogen-bond acceptors (Lipinski definition) is 3. The molecule has 0 spiro atoms. The standard InChI is InChI=1S/C19H24N2O3S/c1-14-8-5-6-11-17(14)21(25(4,23)24)13-12-18(22)20-19-15(2)9-7-10-16(19)3/h5-11H,12-13H2,1-4H3,(H,20,22). The molecule has 0 heterocycles. The van der Waals surface area contributed by atoms with Crippen LogP contribution >= 0.6 is 0 Å². The van der Waals surface area contributed by atoms with Gasteiger partial charge < -0.3 is 5.32 Å². The number of nitrogens with one attached hydrogen (secondary N) is 1. The molecule has 0 aliphatic rings. The molecule has 6 heteroatoms. The molecule has 0 aliphatic heterocycles. The van der Waals surface area contributed by atoms with E-state index in [1.165, 1.54) is 4.31 Å². The number of hydrogen-bond donors (Lipinski definition) is 1. The second kappa shape index (κ2) is 7.70. The lowest BCUT2D eigenvalue weighted by atomic mass is 10.1. The fourth-order valence-electron chi connectivity index (χ4n) is 2.72. The molecule has 0 aliphatic carbocycles. The van der Waals surface area contributed by atoms with Gasteiger partial charge >= 0.3 is 0 Å². The molecule has 0 radical (unpaired) electrons. The molecule has 2 rings (SSSR count). The van der Waals surface area contributed by atoms with Crippen LogP contribution in [0.1, 0.15) is 23.1 Å². The summed E-state index contributed by atoms with van der Waals surface area (Å²) in [5.41, 5.74) is 4.20. The van der Waals surface area contributed by atoms with Crippen LogP contribution in [0, 0.1) is 20.8 Å². The summed E-state index contributed by atoms with van der Waals surface area (Å²) in [7, 11) is -3.47. The molecule has 0 atom stereocenters. The lowest BCUT2D eigenvalue weighted by Gasteiger charge is -2.24. The molecule has 0 unspecified atom stereocenters. The quantitative estimate of drug-likeness (QED) is 0.858. The van der Waals surface area contributed by atoms with E-state index < -0.39 is 10.0 Å². The summed E-state index contributed by atoms with van der Waals surface area (Å²) in [6.07, 6.45) is 1.23. The van der Waals surface area contributed by atoms with Gasteiger partial charge in [0.15, 0.2) is 0 Å². The van der Waals surface area contributed by atoms with Crippen molar-refractivity contribution in [1.82, 2.24) is 0 Å². The second-order valence-electron chi connectivity index (χ2n) is 6.19. The molecule has 0 saturated carbocycles. The highest BCUT2D eigenvalue weighted by Gasteiger charge is 2.20. The van der Waals surface area contributed by atoms with Crippen molar-refractivity contribution in [1.29, 1.82) is 0 Å². The van der Waals surface area contributed by atoms with Gasteiger partial charge in [0.2, 0.25) is 15.9 Å². The van der Waals surface area contributed by atoms with Crippen LogP contribution in [0.3, 0.4) is 0 Å². The third-order valence-corrected chi connectivity index (χ3v) is 5.25. The van der Waals surface area contributed by atoms with Gasteiger partial charge in [0, 0.05) is 18.7 Å². The summed E-state index contributed by atoms with van der Waals surface area (Å²) in [6, 6.07) is 13.0. The Morgan fingerprint density at radius 3 is 2.08 bits per heavy atom. The van der Waals surface area contributed by atoms with E-state index in [1.54, 1.807) is 12.1 Å². The summed E-state index contributed by atoms with van der Waals surface area (Å²) in [4.78, 5) is 12.3. The van der Waals surface area contributed by atoms with Crippen molar-refractivity contribution in [3.8, 4) is 0 Å². The van der Waals surface area contributed by atoms with Gasteiger partial charge in [-0.25, -0.2) is 8.42 Å². The lowest BCUT2D eigenvalue weighted by Crippen LogP contribution is -2.33. The minimum absolute atomic E-state index is 0.0786. The highest BCUT2D eigenvalue weighted by atomic mass is 32.2. The fourth-order valence-corrected chi connectivity index (χ4v) is 3.71. The molecule has 2 aromatic rings. The molecule has 25 heavy (non-hydrogen) atoms. The zero-order chi connectivity index (χ0) is 18.6. The maximum Gasteiger partial charge on any atom is 0.232 e. The molecular formula is C19H24N2O3S. The number of carbonyl (C=O) groups excluding carboxylic acids is 1. The molecule has 134 valence electrons. The maximum absolute atomic E-state index is 12.3. The first kappa shape index (κ1) is 19.0. The Morgan fingerprint density at radius 1 is 0.960 bits per heavy atom. The number of para-hydroxylation sites is 2. The van der Waals surface area contributed by atoms with E-state index in [4.69, 9.17) is 0 Å². The van der Waals surface area contributed by atoms with Crippen molar-refractivity contribution in [2.24, 2.45) is 0 Å². The van der Waals surface area contributed by atoms with Crippen molar-refractivity contribution >= 4 is 27.3 Å². The second-order valence-corrected chi connectivity index (χ2v) is 8.09. The number of aryl methyl sites for hydroxylation is 3. The summed E-state index contributed by atoms with van der Waals surface area (Å²) in [5, 5.41) is 2.89. The number of carbonyl (C=O) groups is 1. The Morgan fingerprint density at radius 2 is 1.52 bits per heavy atom. The van der Waals surface area contributed by atoms with E-state index in [0.29, 0.717) is 5.69 Å². The Hall–Kier alpha value is -2.34. The number of nitrogens with zero attached hydrogens (tertiary/aromatic N) is 1. The summed E-state index contributed by atoms with van der Waals surface area (Å²) in [5.74, 6) is -0.209. The predicted octanol–water partition coefficient (Wildman–Crippen LogP) is 3.41. The number of anilines is 2. The first-order chi connectivity index (χ1) is 11.7. The third-order valence-electron chi connectivity index (χ3n) is 4.07. The van der Waals surface area contributed by atoms with Crippen LogP contribution in [0.15, 0.2) is 42.5 Å². The molecular weight excluding hydrogens is 336 g/mol. The first-order valence-electron chi connectivity index (χ1n) is 8.09. The zero-order valence-electron chi connectivity index (χ0n) is 15.0. The van der Waals surface area contributed by atoms with Gasteiger partial charge in [-0.15, -0.1) is 0 Å². The average Bonchev–Trinajstić information content (AvgIpc) is 2.52. The highest BCUT2D eigenvalue weighted by Crippen LogP contribution is 2.23. The van der Waals surface area contributed by atoms with Crippen LogP contribution in [0.5, 0.6) is 0 Å². The van der Waals surface area contributed by atoms with Crippen molar-refractivity contribution in [3.63, 3.8) is 0 Å². The number of sulfonamides is 1. The first-order valence-corrected chi connectivity index (χ1v) is 9.94. The largest absolute Gasteiger partial charge is 0.326 e. The Balaban J connectivity index is 2.14. The SMILES string of the molecule is Cc1ccccc1N(CCC(=O)Nc1c(C)cccc1C)S(C)(=O)=O. The predicted molar refractivity (Wildman–Crippen MR) is 103 cm³/mol. The summed E-state index contributed by atoms with van der Waals surface area (Å²) in [6.45, 7) is 5.81. The van der Waals surface area contributed by atoms with Crippen LogP contribution in [-0.2, 0) is 14.8 Å². The van der Waals surface area contributed by atoms with Crippen molar-refractivity contribution in [2.75, 3.05) is 22.4 Å². The van der Waals surface area contributed by atoms with Gasteiger partial charge in [-0.2, -0.15) is 0 Å². The Kier molecular flexibility index (Phi) is 5.85. The normalized spacial score (nSPS) is 11.2. The van der Waals surface area contributed by atoms with Gasteiger partial charge in [-0.1, -0.05) is 36.4 Å². The Labute approximate surface area is 149 Å². The highest BCUT2D eigenvalue weighted by molar-refractivity contribution is 7.92. The smallest absolute Gasteiger partial charge is 0.232 e. The van der Waals surface area contributed by atoms with Gasteiger partial charge in [-0.05, 0) is 43.5 Å². The Bertz CT molecular complexity index is 856. The van der Waals surface area contributed by atoms with Gasteiger partial charge in [-0.3, -0.25) is 9.10 Å².